The largest absolute Gasteiger partial charge is 0.0961 e. The van der Waals surface area contributed by atoms with Crippen molar-refractivity contribution in [2.45, 2.75) is 20.8 Å². The van der Waals surface area contributed by atoms with Gasteiger partial charge in [-0.05, 0) is 20.8 Å². The lowest BCUT2D eigenvalue weighted by molar-refractivity contribution is 1.45. The molecule has 0 heteroatoms. The maximum atomic E-state index is 3.75. The lowest BCUT2D eigenvalue weighted by Gasteiger charge is -1.86. The van der Waals surface area contributed by atoms with Gasteiger partial charge in [-0.1, -0.05) is 36.0 Å². The third-order valence-electron chi connectivity index (χ3n) is 1.09. The molecule has 0 aromatic rings. The average Bonchev–Trinajstić information content (AvgIpc) is 1.83. The normalized spacial score (nSPS) is 12.6. The van der Waals surface area contributed by atoms with E-state index in [4.69, 9.17) is 0 Å². The minimum atomic E-state index is 1.09. The van der Waals surface area contributed by atoms with Crippen LogP contribution in [0, 0.1) is 0 Å². The highest BCUT2D eigenvalue weighted by molar-refractivity contribution is 5.22. The smallest absolute Gasteiger partial charge is 0.0401 e. The number of allylic oxidation sites excluding steroid dienone is 5. The van der Waals surface area contributed by atoms with E-state index in [2.05, 4.69) is 25.7 Å². The van der Waals surface area contributed by atoms with Crippen LogP contribution in [0.5, 0.6) is 0 Å². The molecule has 0 atom stereocenters. The van der Waals surface area contributed by atoms with Gasteiger partial charge < -0.3 is 0 Å². The quantitative estimate of drug-likeness (QED) is 0.494. The van der Waals surface area contributed by atoms with Gasteiger partial charge in [0.1, 0.15) is 0 Å². The zero-order valence-electron chi connectivity index (χ0n) is 6.44. The Labute approximate surface area is 57.6 Å². The Morgan fingerprint density at radius 3 is 2.11 bits per heavy atom. The molecule has 0 saturated heterocycles. The molecule has 0 heterocycles. The molecular formula is C9H14. The molecule has 0 bridgehead atoms. The van der Waals surface area contributed by atoms with Crippen molar-refractivity contribution in [1.82, 2.24) is 0 Å². The van der Waals surface area contributed by atoms with Crippen LogP contribution in [-0.4, -0.2) is 0 Å². The second kappa shape index (κ2) is 4.13. The molecule has 0 aromatic carbocycles. The van der Waals surface area contributed by atoms with Gasteiger partial charge in [0, 0.05) is 0 Å². The van der Waals surface area contributed by atoms with Crippen molar-refractivity contribution < 1.29 is 0 Å². The maximum Gasteiger partial charge on any atom is -0.0401 e. The SMILES string of the molecule is C=C(C)/C=C/C(C)=C/C. The highest BCUT2D eigenvalue weighted by atomic mass is 13.8. The minimum absolute atomic E-state index is 1.09. The Morgan fingerprint density at radius 1 is 1.22 bits per heavy atom. The topological polar surface area (TPSA) is 0 Å². The molecule has 0 nitrogen and oxygen atoms in total. The van der Waals surface area contributed by atoms with Gasteiger partial charge in [0.15, 0.2) is 0 Å². The molecule has 0 aliphatic carbocycles. The van der Waals surface area contributed by atoms with Gasteiger partial charge in [0.25, 0.3) is 0 Å². The van der Waals surface area contributed by atoms with Crippen molar-refractivity contribution in [2.24, 2.45) is 0 Å². The van der Waals surface area contributed by atoms with Crippen LogP contribution in [0.15, 0.2) is 36.0 Å². The molecule has 9 heavy (non-hydrogen) atoms. The van der Waals surface area contributed by atoms with E-state index in [1.165, 1.54) is 5.57 Å². The molecule has 0 aliphatic heterocycles. The summed E-state index contributed by atoms with van der Waals surface area (Å²) in [5.41, 5.74) is 2.37. The molecule has 0 rings (SSSR count). The van der Waals surface area contributed by atoms with Crippen molar-refractivity contribution >= 4 is 0 Å². The van der Waals surface area contributed by atoms with E-state index in [1.807, 2.05) is 19.9 Å². The summed E-state index contributed by atoms with van der Waals surface area (Å²) in [5, 5.41) is 0. The predicted octanol–water partition coefficient (Wildman–Crippen LogP) is 3.08. The second-order valence-electron chi connectivity index (χ2n) is 2.21. The van der Waals surface area contributed by atoms with Crippen molar-refractivity contribution in [1.29, 1.82) is 0 Å². The van der Waals surface area contributed by atoms with Gasteiger partial charge in [0.2, 0.25) is 0 Å². The van der Waals surface area contributed by atoms with Gasteiger partial charge in [0.05, 0.1) is 0 Å². The molecule has 0 aliphatic rings. The van der Waals surface area contributed by atoms with Crippen molar-refractivity contribution in [3.05, 3.63) is 36.0 Å². The molecule has 0 fully saturated rings. The molecule has 0 radical (unpaired) electrons. The predicted molar refractivity (Wildman–Crippen MR) is 43.4 cm³/mol. The first kappa shape index (κ1) is 8.22. The van der Waals surface area contributed by atoms with Gasteiger partial charge in [-0.3, -0.25) is 0 Å². The molecule has 0 amide bonds. The fourth-order valence-electron chi connectivity index (χ4n) is 0.370. The van der Waals surface area contributed by atoms with Gasteiger partial charge in [-0.25, -0.2) is 0 Å². The minimum Gasteiger partial charge on any atom is -0.0961 e. The van der Waals surface area contributed by atoms with Crippen LogP contribution in [0.25, 0.3) is 0 Å². The van der Waals surface area contributed by atoms with E-state index in [-0.39, 0.29) is 0 Å². The lowest BCUT2D eigenvalue weighted by Crippen LogP contribution is -1.65. The molecule has 0 aromatic heterocycles. The van der Waals surface area contributed by atoms with Crippen LogP contribution >= 0.6 is 0 Å². The Kier molecular flexibility index (Phi) is 3.78. The lowest BCUT2D eigenvalue weighted by atomic mass is 10.2. The summed E-state index contributed by atoms with van der Waals surface area (Å²) in [7, 11) is 0. The van der Waals surface area contributed by atoms with E-state index >= 15 is 0 Å². The summed E-state index contributed by atoms with van der Waals surface area (Å²) in [6.07, 6.45) is 6.14. The first-order valence-electron chi connectivity index (χ1n) is 3.13. The van der Waals surface area contributed by atoms with Gasteiger partial charge in [-0.2, -0.15) is 0 Å². The Hall–Kier alpha value is -0.780. The van der Waals surface area contributed by atoms with E-state index in [0.717, 1.165) is 5.57 Å². The molecule has 0 saturated carbocycles. The zero-order chi connectivity index (χ0) is 7.28. The first-order chi connectivity index (χ1) is 4.16. The van der Waals surface area contributed by atoms with Crippen molar-refractivity contribution in [3.8, 4) is 0 Å². The summed E-state index contributed by atoms with van der Waals surface area (Å²) in [6, 6.07) is 0. The number of rotatable bonds is 2. The van der Waals surface area contributed by atoms with E-state index in [1.54, 1.807) is 0 Å². The molecular weight excluding hydrogens is 108 g/mol. The van der Waals surface area contributed by atoms with Crippen LogP contribution < -0.4 is 0 Å². The highest BCUT2D eigenvalue weighted by Crippen LogP contribution is 1.97. The van der Waals surface area contributed by atoms with Crippen molar-refractivity contribution in [3.63, 3.8) is 0 Å². The summed E-state index contributed by atoms with van der Waals surface area (Å²) < 4.78 is 0. The monoisotopic (exact) mass is 122 g/mol. The standard InChI is InChI=1S/C9H14/c1-5-9(4)7-6-8(2)3/h5-7H,2H2,1,3-4H3/b7-6+,9-5+. The van der Waals surface area contributed by atoms with Gasteiger partial charge in [-0.15, -0.1) is 0 Å². The molecule has 0 N–H and O–H groups in total. The molecule has 50 valence electrons. The Balaban J connectivity index is 3.86. The van der Waals surface area contributed by atoms with E-state index in [0.29, 0.717) is 0 Å². The second-order valence-corrected chi connectivity index (χ2v) is 2.21. The third kappa shape index (κ3) is 5.09. The molecule has 0 unspecified atom stereocenters. The third-order valence-corrected chi connectivity index (χ3v) is 1.09. The summed E-state index contributed by atoms with van der Waals surface area (Å²) in [4.78, 5) is 0. The number of hydrogen-bond acceptors (Lipinski definition) is 0. The summed E-state index contributed by atoms with van der Waals surface area (Å²) in [6.45, 7) is 9.83. The van der Waals surface area contributed by atoms with Crippen LogP contribution in [-0.2, 0) is 0 Å². The average molecular weight is 122 g/mol. The summed E-state index contributed by atoms with van der Waals surface area (Å²) >= 11 is 0. The zero-order valence-corrected chi connectivity index (χ0v) is 6.44. The van der Waals surface area contributed by atoms with Crippen LogP contribution in [0.1, 0.15) is 20.8 Å². The van der Waals surface area contributed by atoms with Crippen LogP contribution in [0.2, 0.25) is 0 Å². The Bertz CT molecular complexity index is 147. The van der Waals surface area contributed by atoms with Gasteiger partial charge >= 0.3 is 0 Å². The fourth-order valence-corrected chi connectivity index (χ4v) is 0.370. The van der Waals surface area contributed by atoms with Crippen molar-refractivity contribution in [2.75, 3.05) is 0 Å². The fraction of sp³-hybridized carbons (Fsp3) is 0.333. The molecule has 0 spiro atoms. The Morgan fingerprint density at radius 2 is 1.78 bits per heavy atom. The van der Waals surface area contributed by atoms with E-state index < -0.39 is 0 Å². The first-order valence-corrected chi connectivity index (χ1v) is 3.13. The summed E-state index contributed by atoms with van der Waals surface area (Å²) in [5.74, 6) is 0. The van der Waals surface area contributed by atoms with Crippen LogP contribution in [0.3, 0.4) is 0 Å². The van der Waals surface area contributed by atoms with Crippen LogP contribution in [0.4, 0.5) is 0 Å². The maximum absolute atomic E-state index is 3.75. The highest BCUT2D eigenvalue weighted by Gasteiger charge is 1.75. The number of hydrogen-bond donors (Lipinski definition) is 0. The van der Waals surface area contributed by atoms with E-state index in [9.17, 15) is 0 Å².